The highest BCUT2D eigenvalue weighted by molar-refractivity contribution is 5.97. The first-order valence-corrected chi connectivity index (χ1v) is 10.4. The predicted octanol–water partition coefficient (Wildman–Crippen LogP) is -3.49. The lowest BCUT2D eigenvalue weighted by atomic mass is 9.97. The van der Waals surface area contributed by atoms with Gasteiger partial charge in [0.15, 0.2) is 0 Å². The minimum Gasteiger partial charge on any atom is -0.481 e. The molecule has 0 heterocycles. The Morgan fingerprint density at radius 1 is 0.794 bits per heavy atom. The number of aliphatic carboxylic acids is 2. The Morgan fingerprint density at radius 3 is 1.76 bits per heavy atom. The van der Waals surface area contributed by atoms with E-state index in [-0.39, 0.29) is 0 Å². The van der Waals surface area contributed by atoms with Crippen molar-refractivity contribution >= 4 is 41.5 Å². The fourth-order valence-electron chi connectivity index (χ4n) is 2.74. The van der Waals surface area contributed by atoms with Crippen LogP contribution >= 0.6 is 0 Å². The molecule has 5 unspecified atom stereocenters. The summed E-state index contributed by atoms with van der Waals surface area (Å²) >= 11 is 0. The van der Waals surface area contributed by atoms with E-state index in [1.54, 1.807) is 13.8 Å². The van der Waals surface area contributed by atoms with Gasteiger partial charge in [-0.25, -0.2) is 4.79 Å². The zero-order chi connectivity index (χ0) is 26.6. The Morgan fingerprint density at radius 2 is 1.32 bits per heavy atom. The van der Waals surface area contributed by atoms with Crippen LogP contribution in [-0.2, 0) is 33.6 Å². The van der Waals surface area contributed by atoms with E-state index in [4.69, 9.17) is 22.3 Å². The van der Waals surface area contributed by atoms with Crippen LogP contribution in [0.3, 0.4) is 0 Å². The molecule has 15 heteroatoms. The zero-order valence-corrected chi connectivity index (χ0v) is 18.9. The molecular weight excluding hydrogens is 456 g/mol. The molecule has 0 rings (SSSR count). The highest BCUT2D eigenvalue weighted by Gasteiger charge is 2.33. The second kappa shape index (κ2) is 14.4. The SMILES string of the molecule is CCC(C)C(NC(=O)C(CC(N)=O)NC(=O)C(N)CC(N)=O)C(=O)NC(CCC(=O)O)C(=O)O. The van der Waals surface area contributed by atoms with Gasteiger partial charge in [-0.1, -0.05) is 20.3 Å². The lowest BCUT2D eigenvalue weighted by molar-refractivity contribution is -0.144. The maximum Gasteiger partial charge on any atom is 0.326 e. The molecule has 0 aliphatic heterocycles. The molecule has 34 heavy (non-hydrogen) atoms. The molecule has 0 radical (unpaired) electrons. The average Bonchev–Trinajstić information content (AvgIpc) is 2.72. The van der Waals surface area contributed by atoms with Crippen LogP contribution in [0, 0.1) is 5.92 Å². The Balaban J connectivity index is 5.59. The van der Waals surface area contributed by atoms with E-state index < -0.39 is 97.2 Å². The number of hydrogen-bond acceptors (Lipinski definition) is 8. The van der Waals surface area contributed by atoms with Crippen LogP contribution in [0.2, 0.25) is 0 Å². The Labute approximate surface area is 195 Å². The maximum absolute atomic E-state index is 12.8. The van der Waals surface area contributed by atoms with Crippen LogP contribution in [0.25, 0.3) is 0 Å². The van der Waals surface area contributed by atoms with E-state index in [2.05, 4.69) is 16.0 Å². The van der Waals surface area contributed by atoms with E-state index in [0.717, 1.165) is 0 Å². The topological polar surface area (TPSA) is 274 Å². The third kappa shape index (κ3) is 11.2. The van der Waals surface area contributed by atoms with Gasteiger partial charge in [0, 0.05) is 6.42 Å². The minimum atomic E-state index is -1.55. The smallest absolute Gasteiger partial charge is 0.326 e. The van der Waals surface area contributed by atoms with Crippen molar-refractivity contribution in [3.05, 3.63) is 0 Å². The number of carboxylic acid groups (broad SMARTS) is 2. The molecule has 192 valence electrons. The van der Waals surface area contributed by atoms with Crippen LogP contribution in [-0.4, -0.2) is 75.9 Å². The van der Waals surface area contributed by atoms with E-state index >= 15 is 0 Å². The van der Waals surface area contributed by atoms with Gasteiger partial charge in [-0.15, -0.1) is 0 Å². The fourth-order valence-corrected chi connectivity index (χ4v) is 2.74. The largest absolute Gasteiger partial charge is 0.481 e. The molecule has 15 nitrogen and oxygen atoms in total. The molecule has 0 aromatic rings. The molecule has 0 aliphatic rings. The third-order valence-electron chi connectivity index (χ3n) is 4.85. The van der Waals surface area contributed by atoms with Crippen LogP contribution in [0.15, 0.2) is 0 Å². The summed E-state index contributed by atoms with van der Waals surface area (Å²) in [4.78, 5) is 82.2. The van der Waals surface area contributed by atoms with E-state index in [9.17, 15) is 38.7 Å². The minimum absolute atomic E-state index is 0.363. The highest BCUT2D eigenvalue weighted by atomic mass is 16.4. The molecule has 5 atom stereocenters. The van der Waals surface area contributed by atoms with Gasteiger partial charge in [-0.3, -0.25) is 28.8 Å². The summed E-state index contributed by atoms with van der Waals surface area (Å²) in [6, 6.07) is -5.78. The second-order valence-electron chi connectivity index (χ2n) is 7.71. The first kappa shape index (κ1) is 30.2. The number of primary amides is 2. The van der Waals surface area contributed by atoms with Crippen molar-refractivity contribution in [2.24, 2.45) is 23.1 Å². The number of carbonyl (C=O) groups is 7. The number of nitrogens with one attached hydrogen (secondary N) is 3. The molecule has 11 N–H and O–H groups in total. The molecule has 0 bridgehead atoms. The molecule has 0 saturated carbocycles. The predicted molar refractivity (Wildman–Crippen MR) is 115 cm³/mol. The van der Waals surface area contributed by atoms with Crippen molar-refractivity contribution < 1.29 is 43.8 Å². The van der Waals surface area contributed by atoms with E-state index in [1.165, 1.54) is 0 Å². The molecule has 0 saturated heterocycles. The summed E-state index contributed by atoms with van der Waals surface area (Å²) in [5.41, 5.74) is 15.6. The number of carbonyl (C=O) groups excluding carboxylic acids is 5. The van der Waals surface area contributed by atoms with Gasteiger partial charge in [-0.05, 0) is 12.3 Å². The number of hydrogen-bond donors (Lipinski definition) is 8. The fraction of sp³-hybridized carbons (Fsp3) is 0.632. The molecule has 0 fully saturated rings. The Kier molecular flexibility index (Phi) is 12.8. The molecule has 0 aliphatic carbocycles. The second-order valence-corrected chi connectivity index (χ2v) is 7.71. The standard InChI is InChI=1S/C19H32N6O9/c1-3-8(2)15(18(32)23-10(19(33)34)4-5-14(28)29)25-17(31)11(7-13(22)27)24-16(30)9(20)6-12(21)26/h8-11,15H,3-7,20H2,1-2H3,(H2,21,26)(H2,22,27)(H,23,32)(H,24,30)(H,25,31)(H,28,29)(H,33,34). The molecular formula is C19H32N6O9. The summed E-state index contributed by atoms with van der Waals surface area (Å²) in [7, 11) is 0. The summed E-state index contributed by atoms with van der Waals surface area (Å²) in [5.74, 6) is -7.95. The first-order valence-electron chi connectivity index (χ1n) is 10.4. The summed E-state index contributed by atoms with van der Waals surface area (Å²) < 4.78 is 0. The van der Waals surface area contributed by atoms with Crippen molar-refractivity contribution in [2.45, 2.75) is 70.1 Å². The van der Waals surface area contributed by atoms with Gasteiger partial charge in [-0.2, -0.15) is 0 Å². The summed E-state index contributed by atoms with van der Waals surface area (Å²) in [5, 5.41) is 24.7. The van der Waals surface area contributed by atoms with Gasteiger partial charge >= 0.3 is 11.9 Å². The van der Waals surface area contributed by atoms with Crippen LogP contribution in [0.5, 0.6) is 0 Å². The summed E-state index contributed by atoms with van der Waals surface area (Å²) in [6.45, 7) is 3.28. The van der Waals surface area contributed by atoms with Crippen molar-refractivity contribution in [2.75, 3.05) is 0 Å². The van der Waals surface area contributed by atoms with Gasteiger partial charge in [0.1, 0.15) is 18.1 Å². The van der Waals surface area contributed by atoms with Gasteiger partial charge in [0.05, 0.1) is 18.9 Å². The van der Waals surface area contributed by atoms with Crippen LogP contribution < -0.4 is 33.2 Å². The average molecular weight is 488 g/mol. The van der Waals surface area contributed by atoms with Crippen LogP contribution in [0.1, 0.15) is 46.0 Å². The molecule has 0 spiro atoms. The summed E-state index contributed by atoms with van der Waals surface area (Å²) in [6.07, 6.45) is -1.74. The lowest BCUT2D eigenvalue weighted by Crippen LogP contribution is -2.59. The Hall–Kier alpha value is -3.75. The van der Waals surface area contributed by atoms with Crippen molar-refractivity contribution in [3.8, 4) is 0 Å². The number of rotatable bonds is 16. The highest BCUT2D eigenvalue weighted by Crippen LogP contribution is 2.10. The van der Waals surface area contributed by atoms with Gasteiger partial charge in [0.2, 0.25) is 29.5 Å². The van der Waals surface area contributed by atoms with Crippen molar-refractivity contribution in [1.82, 2.24) is 16.0 Å². The molecule has 0 aromatic carbocycles. The van der Waals surface area contributed by atoms with Gasteiger partial charge < -0.3 is 43.4 Å². The number of nitrogens with two attached hydrogens (primary N) is 3. The van der Waals surface area contributed by atoms with E-state index in [0.29, 0.717) is 6.42 Å². The van der Waals surface area contributed by atoms with Crippen molar-refractivity contribution in [3.63, 3.8) is 0 Å². The molecule has 0 aromatic heterocycles. The lowest BCUT2D eigenvalue weighted by Gasteiger charge is -2.27. The quantitative estimate of drug-likeness (QED) is 0.106. The normalized spacial score (nSPS) is 15.0. The van der Waals surface area contributed by atoms with Crippen molar-refractivity contribution in [1.29, 1.82) is 0 Å². The third-order valence-corrected chi connectivity index (χ3v) is 4.85. The monoisotopic (exact) mass is 488 g/mol. The van der Waals surface area contributed by atoms with E-state index in [1.807, 2.05) is 0 Å². The first-order chi connectivity index (χ1) is 15.7. The maximum atomic E-state index is 12.8. The van der Waals surface area contributed by atoms with Crippen LogP contribution in [0.4, 0.5) is 0 Å². The number of carboxylic acids is 2. The zero-order valence-electron chi connectivity index (χ0n) is 18.9. The molecule has 5 amide bonds. The van der Waals surface area contributed by atoms with Gasteiger partial charge in [0.25, 0.3) is 0 Å². The Bertz CT molecular complexity index is 803. The number of amides is 5.